The fourth-order valence-electron chi connectivity index (χ4n) is 2.65. The summed E-state index contributed by atoms with van der Waals surface area (Å²) < 4.78 is 53.2. The summed E-state index contributed by atoms with van der Waals surface area (Å²) in [6, 6.07) is 11.9. The van der Waals surface area contributed by atoms with Crippen LogP contribution >= 0.6 is 0 Å². The molecule has 1 N–H and O–H groups in total. The van der Waals surface area contributed by atoms with Gasteiger partial charge in [-0.15, -0.1) is 0 Å². The topological polar surface area (TPSA) is 73.6 Å². The van der Waals surface area contributed by atoms with Crippen molar-refractivity contribution in [1.82, 2.24) is 10.5 Å². The van der Waals surface area contributed by atoms with Gasteiger partial charge in [0.15, 0.2) is 23.0 Å². The second-order valence-corrected chi connectivity index (χ2v) is 5.93. The van der Waals surface area contributed by atoms with Crippen molar-refractivity contribution in [2.24, 2.45) is 0 Å². The van der Waals surface area contributed by atoms with E-state index in [1.54, 1.807) is 18.2 Å². The van der Waals surface area contributed by atoms with Crippen molar-refractivity contribution in [3.8, 4) is 22.8 Å². The van der Waals surface area contributed by atoms with Crippen molar-refractivity contribution >= 4 is 5.91 Å². The van der Waals surface area contributed by atoms with Crippen molar-refractivity contribution in [2.75, 3.05) is 13.7 Å². The summed E-state index contributed by atoms with van der Waals surface area (Å²) in [6.45, 7) is -2.77. The molecule has 0 unspecified atom stereocenters. The van der Waals surface area contributed by atoms with Crippen molar-refractivity contribution in [2.45, 2.75) is 13.0 Å². The Morgan fingerprint density at radius 3 is 2.69 bits per heavy atom. The Kier molecular flexibility index (Phi) is 6.38. The summed E-state index contributed by atoms with van der Waals surface area (Å²) in [4.78, 5) is 12.2. The second-order valence-electron chi connectivity index (χ2n) is 5.93. The standard InChI is InChI=1S/C20H17F3N2O4/c1-27-16-7-6-12(10-18(16)28-20(22)23)8-9-24-19(26)15-11-17(29-25-15)13-4-2-3-5-14(13)21/h2-7,10-11,20H,8-9H2,1H3,(H,24,26). The molecule has 0 aliphatic heterocycles. The summed E-state index contributed by atoms with van der Waals surface area (Å²) in [5, 5.41) is 6.30. The smallest absolute Gasteiger partial charge is 0.387 e. The van der Waals surface area contributed by atoms with Crippen LogP contribution in [0.3, 0.4) is 0 Å². The van der Waals surface area contributed by atoms with Crippen molar-refractivity contribution in [3.05, 3.63) is 65.6 Å². The maximum Gasteiger partial charge on any atom is 0.387 e. The number of carbonyl (C=O) groups is 1. The molecule has 0 saturated carbocycles. The molecule has 6 nitrogen and oxygen atoms in total. The van der Waals surface area contributed by atoms with E-state index in [0.29, 0.717) is 12.0 Å². The molecule has 9 heteroatoms. The van der Waals surface area contributed by atoms with Gasteiger partial charge in [-0.3, -0.25) is 4.79 Å². The highest BCUT2D eigenvalue weighted by Crippen LogP contribution is 2.29. The van der Waals surface area contributed by atoms with Gasteiger partial charge in [0.25, 0.3) is 5.91 Å². The number of rotatable bonds is 8. The number of hydrogen-bond donors (Lipinski definition) is 1. The van der Waals surface area contributed by atoms with Gasteiger partial charge >= 0.3 is 6.61 Å². The van der Waals surface area contributed by atoms with Gasteiger partial charge in [0.05, 0.1) is 12.7 Å². The number of ether oxygens (including phenoxy) is 2. The molecule has 1 aromatic heterocycles. The molecule has 0 bridgehead atoms. The van der Waals surface area contributed by atoms with Crippen LogP contribution in [0.5, 0.6) is 11.5 Å². The lowest BCUT2D eigenvalue weighted by molar-refractivity contribution is -0.0512. The molecule has 0 radical (unpaired) electrons. The summed E-state index contributed by atoms with van der Waals surface area (Å²) in [5.41, 5.74) is 0.859. The molecular weight excluding hydrogens is 389 g/mol. The van der Waals surface area contributed by atoms with Gasteiger partial charge in [-0.25, -0.2) is 4.39 Å². The Morgan fingerprint density at radius 2 is 1.97 bits per heavy atom. The van der Waals surface area contributed by atoms with Gasteiger partial charge < -0.3 is 19.3 Å². The highest BCUT2D eigenvalue weighted by Gasteiger charge is 2.16. The minimum atomic E-state index is -2.98. The van der Waals surface area contributed by atoms with E-state index < -0.39 is 18.3 Å². The lowest BCUT2D eigenvalue weighted by Gasteiger charge is -2.11. The molecule has 0 fully saturated rings. The van der Waals surface area contributed by atoms with Gasteiger partial charge in [0.1, 0.15) is 5.82 Å². The molecule has 3 rings (SSSR count). The van der Waals surface area contributed by atoms with Crippen molar-refractivity contribution in [3.63, 3.8) is 0 Å². The van der Waals surface area contributed by atoms with Crippen LogP contribution in [-0.4, -0.2) is 31.3 Å². The molecule has 0 aliphatic carbocycles. The fourth-order valence-corrected chi connectivity index (χ4v) is 2.65. The number of carbonyl (C=O) groups excluding carboxylic acids is 1. The zero-order valence-electron chi connectivity index (χ0n) is 15.3. The maximum atomic E-state index is 13.8. The van der Waals surface area contributed by atoms with E-state index in [1.165, 1.54) is 37.4 Å². The highest BCUT2D eigenvalue weighted by molar-refractivity contribution is 5.93. The number of hydrogen-bond acceptors (Lipinski definition) is 5. The Bertz CT molecular complexity index is 991. The number of nitrogens with one attached hydrogen (secondary N) is 1. The lowest BCUT2D eigenvalue weighted by atomic mass is 10.1. The Hall–Kier alpha value is -3.49. The van der Waals surface area contributed by atoms with Gasteiger partial charge in [-0.1, -0.05) is 23.4 Å². The zero-order chi connectivity index (χ0) is 20.8. The molecule has 0 atom stereocenters. The number of alkyl halides is 2. The maximum absolute atomic E-state index is 13.8. The van der Waals surface area contributed by atoms with Gasteiger partial charge in [0, 0.05) is 12.6 Å². The molecule has 152 valence electrons. The van der Waals surface area contributed by atoms with Crippen LogP contribution in [0.1, 0.15) is 16.1 Å². The van der Waals surface area contributed by atoms with E-state index in [4.69, 9.17) is 9.26 Å². The monoisotopic (exact) mass is 406 g/mol. The summed E-state index contributed by atoms with van der Waals surface area (Å²) >= 11 is 0. The summed E-state index contributed by atoms with van der Waals surface area (Å²) in [6.07, 6.45) is 0.355. The molecular formula is C20H17F3N2O4. The first-order chi connectivity index (χ1) is 14.0. The number of aromatic nitrogens is 1. The van der Waals surface area contributed by atoms with E-state index in [-0.39, 0.29) is 35.1 Å². The molecule has 0 spiro atoms. The van der Waals surface area contributed by atoms with E-state index in [2.05, 4.69) is 15.2 Å². The first kappa shape index (κ1) is 20.2. The lowest BCUT2D eigenvalue weighted by Crippen LogP contribution is -2.25. The highest BCUT2D eigenvalue weighted by atomic mass is 19.3. The molecule has 1 amide bonds. The zero-order valence-corrected chi connectivity index (χ0v) is 15.3. The first-order valence-electron chi connectivity index (χ1n) is 8.59. The number of nitrogens with zero attached hydrogens (tertiary/aromatic N) is 1. The van der Waals surface area contributed by atoms with Crippen molar-refractivity contribution < 1.29 is 32.0 Å². The third kappa shape index (κ3) is 5.07. The average Bonchev–Trinajstić information content (AvgIpc) is 3.18. The van der Waals surface area contributed by atoms with E-state index >= 15 is 0 Å². The largest absolute Gasteiger partial charge is 0.493 e. The third-order valence-corrected chi connectivity index (χ3v) is 4.03. The van der Waals surface area contributed by atoms with Crippen molar-refractivity contribution in [1.29, 1.82) is 0 Å². The van der Waals surface area contributed by atoms with Crippen LogP contribution in [0, 0.1) is 5.82 Å². The minimum Gasteiger partial charge on any atom is -0.493 e. The van der Waals surface area contributed by atoms with Crippen LogP contribution in [-0.2, 0) is 6.42 Å². The normalized spacial score (nSPS) is 10.8. The van der Waals surface area contributed by atoms with Gasteiger partial charge in [0.2, 0.25) is 0 Å². The first-order valence-corrected chi connectivity index (χ1v) is 8.59. The number of amides is 1. The van der Waals surface area contributed by atoms with Gasteiger partial charge in [-0.05, 0) is 36.2 Å². The van der Waals surface area contributed by atoms with Crippen LogP contribution in [0.4, 0.5) is 13.2 Å². The van der Waals surface area contributed by atoms with E-state index in [1.807, 2.05) is 0 Å². The predicted molar refractivity (Wildman–Crippen MR) is 97.6 cm³/mol. The third-order valence-electron chi connectivity index (χ3n) is 4.03. The Morgan fingerprint density at radius 1 is 1.17 bits per heavy atom. The quantitative estimate of drug-likeness (QED) is 0.611. The van der Waals surface area contributed by atoms with E-state index in [0.717, 1.165) is 0 Å². The van der Waals surface area contributed by atoms with E-state index in [9.17, 15) is 18.0 Å². The molecule has 1 heterocycles. The summed E-state index contributed by atoms with van der Waals surface area (Å²) in [7, 11) is 1.35. The molecule has 0 saturated heterocycles. The molecule has 29 heavy (non-hydrogen) atoms. The number of benzene rings is 2. The van der Waals surface area contributed by atoms with Crippen LogP contribution in [0.2, 0.25) is 0 Å². The molecule has 3 aromatic rings. The predicted octanol–water partition coefficient (Wildman–Crippen LogP) is 4.06. The fraction of sp³-hybridized carbons (Fsp3) is 0.200. The van der Waals surface area contributed by atoms with Crippen LogP contribution in [0.15, 0.2) is 53.1 Å². The minimum absolute atomic E-state index is 0.000272. The average molecular weight is 406 g/mol. The van der Waals surface area contributed by atoms with Gasteiger partial charge in [-0.2, -0.15) is 8.78 Å². The second kappa shape index (κ2) is 9.13. The molecule has 2 aromatic carbocycles. The SMILES string of the molecule is COc1ccc(CCNC(=O)c2cc(-c3ccccc3F)on2)cc1OC(F)F. The van der Waals surface area contributed by atoms with Crippen LogP contribution < -0.4 is 14.8 Å². The Labute approximate surface area is 164 Å². The Balaban J connectivity index is 1.60. The summed E-state index contributed by atoms with van der Waals surface area (Å²) in [5.74, 6) is -0.762. The number of methoxy groups -OCH3 is 1. The van der Waals surface area contributed by atoms with Crippen LogP contribution in [0.25, 0.3) is 11.3 Å². The molecule has 0 aliphatic rings. The number of halogens is 3.